The van der Waals surface area contributed by atoms with Crippen molar-refractivity contribution < 1.29 is 61.4 Å². The molecule has 2 N–H and O–H groups in total. The zero-order valence-electron chi connectivity index (χ0n) is 75.6. The van der Waals surface area contributed by atoms with Gasteiger partial charge in [0, 0.05) is 113 Å². The van der Waals surface area contributed by atoms with Gasteiger partial charge in [0.15, 0.2) is 52.1 Å². The largest absolute Gasteiger partial charge is 0.497 e. The van der Waals surface area contributed by atoms with Crippen LogP contribution in [0.15, 0.2) is 206 Å². The zero-order valence-corrected chi connectivity index (χ0v) is 77.1. The van der Waals surface area contributed by atoms with E-state index in [-0.39, 0.29) is 63.8 Å². The van der Waals surface area contributed by atoms with Crippen molar-refractivity contribution in [3.8, 4) is 11.5 Å². The molecule has 0 radical (unpaired) electrons. The first-order valence-corrected chi connectivity index (χ1v) is 42.2. The van der Waals surface area contributed by atoms with Gasteiger partial charge in [0.25, 0.3) is 0 Å². The number of carbonyl (C=O) groups is 9. The Balaban J connectivity index is 0.000000681. The highest BCUT2D eigenvalue weighted by Gasteiger charge is 2.17. The number of ether oxygens (including phenoxy) is 2. The minimum atomic E-state index is -0.973. The standard InChI is InChI=1S/2C12H16O2.2C12H16O.2C11H13ClO.C11H12F2O.C11H16N2O.C10H14N2O/c1-9(2)7-12(13)10-5-4-6-11(8-10)14-3;1-9(2)8-11(13)10-6-4-5-7-12(10)14-3;1-9(2)7-12(13)11-6-4-5-10(3)8-11;1-9(2)8-12(13)11-7-5-4-6-10(11)3;1-8(2)7-11(13)9-3-5-10(12)6-4-9;1-8(2)6-11(13)9-4-3-5-10(12)7-9;1-7(2)5-11(14)8-3-4-9(12)10(13)6-8;1-8(2)7-11(14)13-10-6-4-5-9(3)12-10;1-8(2)7-10(13)12-9-5-3-4-6-11-9/h4-6,8-9H,7H2,1-3H3;4-7,9H,8H2,1-3H3;4-6,8-9H,7H2,1-3H3;4-7,9H,8H2,1-3H3;3-6,8H,7H2,1-2H3;3-5,7-8H,6H2,1-2H3;3-4,6-7H,5H2,1-2H3;4-6,8H,7H2,1-3H3,(H,12,13,14);3-6,8H,7H2,1-2H3,(H,11,12,13). The molecule has 2 heterocycles. The fourth-order valence-electron chi connectivity index (χ4n) is 10.9. The summed E-state index contributed by atoms with van der Waals surface area (Å²) in [5, 5.41) is 6.77. The molecule has 0 bridgehead atoms. The normalized spacial score (nSPS) is 10.4. The van der Waals surface area contributed by atoms with Gasteiger partial charge < -0.3 is 20.1 Å². The third kappa shape index (κ3) is 50.4. The number of anilines is 2. The Kier molecular flexibility index (Phi) is 53.9. The zero-order chi connectivity index (χ0) is 91.4. The second-order valence-corrected chi connectivity index (χ2v) is 34.0. The number of rotatable bonds is 29. The second-order valence-electron chi connectivity index (χ2n) is 33.1. The lowest BCUT2D eigenvalue weighted by molar-refractivity contribution is -0.117. The Morgan fingerprint density at radius 2 is 0.711 bits per heavy atom. The van der Waals surface area contributed by atoms with E-state index < -0.39 is 11.6 Å². The number of Topliss-reactive ketones (excluding diaryl/α,β-unsaturated/α-hetero) is 7. The van der Waals surface area contributed by atoms with Crippen LogP contribution in [-0.2, 0) is 9.59 Å². The van der Waals surface area contributed by atoms with Crippen LogP contribution in [0.3, 0.4) is 0 Å². The third-order valence-corrected chi connectivity index (χ3v) is 17.1. The summed E-state index contributed by atoms with van der Waals surface area (Å²) in [6, 6.07) is 58.5. The van der Waals surface area contributed by atoms with Crippen LogP contribution in [0, 0.1) is 85.7 Å². The predicted molar refractivity (Wildman–Crippen MR) is 493 cm³/mol. The average molecular weight is 1700 g/mol. The molecule has 0 unspecified atom stereocenters. The van der Waals surface area contributed by atoms with E-state index in [0.717, 1.165) is 57.0 Å². The monoisotopic (exact) mass is 1700 g/mol. The maximum atomic E-state index is 12.7. The van der Waals surface area contributed by atoms with E-state index in [1.807, 2.05) is 233 Å². The molecule has 0 aliphatic rings. The highest BCUT2D eigenvalue weighted by molar-refractivity contribution is 6.31. The van der Waals surface area contributed by atoms with E-state index in [1.165, 1.54) is 6.07 Å². The number of aryl methyl sites for hydroxylation is 3. The summed E-state index contributed by atoms with van der Waals surface area (Å²) in [5.41, 5.74) is 7.96. The number of amides is 2. The van der Waals surface area contributed by atoms with Gasteiger partial charge in [0.05, 0.1) is 19.8 Å². The number of aromatic nitrogens is 2. The summed E-state index contributed by atoms with van der Waals surface area (Å²) in [4.78, 5) is 112. The average Bonchev–Trinajstić information content (AvgIpc) is 0.857. The van der Waals surface area contributed by atoms with Crippen molar-refractivity contribution in [3.05, 3.63) is 284 Å². The number of carbonyl (C=O) groups excluding carboxylic acids is 9. The number of methoxy groups -OCH3 is 2. The van der Waals surface area contributed by atoms with E-state index in [4.69, 9.17) is 32.7 Å². The van der Waals surface area contributed by atoms with Gasteiger partial charge >= 0.3 is 0 Å². The van der Waals surface area contributed by atoms with Crippen molar-refractivity contribution in [3.63, 3.8) is 0 Å². The summed E-state index contributed by atoms with van der Waals surface area (Å²) >= 11 is 11.5. The molecule has 15 nitrogen and oxygen atoms in total. The number of nitrogens with zero attached hydrogens (tertiary/aromatic N) is 2. The van der Waals surface area contributed by atoms with E-state index >= 15 is 0 Å². The second kappa shape index (κ2) is 60.1. The fourth-order valence-corrected chi connectivity index (χ4v) is 11.2. The number of hydrogen-bond acceptors (Lipinski definition) is 13. The fraction of sp³-hybridized carbons (Fsp3) is 0.402. The van der Waals surface area contributed by atoms with Crippen molar-refractivity contribution in [2.75, 3.05) is 24.9 Å². The number of nitrogens with one attached hydrogen (secondary N) is 2. The highest BCUT2D eigenvalue weighted by Crippen LogP contribution is 2.23. The Morgan fingerprint density at radius 1 is 0.331 bits per heavy atom. The SMILES string of the molecule is CC(C)CC(=O)Nc1ccccn1.CC(C)CC(=O)c1ccc(Cl)cc1.CC(C)CC(=O)c1ccc(F)c(F)c1.CC(C)CC(=O)c1cccc(Cl)c1.COc1cccc(C(=O)CC(C)C)c1.COc1ccccc1C(=O)CC(C)C.Cc1cccc(C(=O)CC(C)C)c1.Cc1cccc(NC(=O)CC(C)C)n1.Cc1ccccc1C(=O)CC(C)C. The van der Waals surface area contributed by atoms with Crippen LogP contribution in [0.2, 0.25) is 10.0 Å². The van der Waals surface area contributed by atoms with Gasteiger partial charge in [-0.2, -0.15) is 0 Å². The molecule has 0 fully saturated rings. The van der Waals surface area contributed by atoms with E-state index in [0.29, 0.717) is 144 Å². The minimum Gasteiger partial charge on any atom is -0.497 e. The molecule has 19 heteroatoms. The first kappa shape index (κ1) is 109. The lowest BCUT2D eigenvalue weighted by atomic mass is 9.98. The summed E-state index contributed by atoms with van der Waals surface area (Å²) in [7, 11) is 3.19. The molecule has 0 saturated heterocycles. The maximum Gasteiger partial charge on any atom is 0.225 e. The first-order valence-electron chi connectivity index (χ1n) is 41.5. The lowest BCUT2D eigenvalue weighted by Crippen LogP contribution is -2.14. The molecule has 121 heavy (non-hydrogen) atoms. The predicted octanol–water partition coefficient (Wildman–Crippen LogP) is 27.1. The molecule has 0 aliphatic heterocycles. The molecule has 0 spiro atoms. The highest BCUT2D eigenvalue weighted by atomic mass is 35.5. The molecule has 0 saturated carbocycles. The third-order valence-electron chi connectivity index (χ3n) is 16.6. The molecular formula is C102H132Cl2F2N4O11. The summed E-state index contributed by atoms with van der Waals surface area (Å²) in [5.74, 6) is 5.26. The van der Waals surface area contributed by atoms with Crippen LogP contribution < -0.4 is 20.1 Å². The Hall–Kier alpha value is -10.5. The molecule has 2 amide bonds. The Morgan fingerprint density at radius 3 is 1.14 bits per heavy atom. The molecule has 7 aromatic carbocycles. The maximum absolute atomic E-state index is 12.7. The van der Waals surface area contributed by atoms with Gasteiger partial charge in [-0.1, -0.05) is 244 Å². The van der Waals surface area contributed by atoms with Crippen LogP contribution in [0.25, 0.3) is 0 Å². The van der Waals surface area contributed by atoms with Crippen LogP contribution in [0.1, 0.15) is 272 Å². The lowest BCUT2D eigenvalue weighted by Gasteiger charge is -2.08. The van der Waals surface area contributed by atoms with Crippen LogP contribution in [0.5, 0.6) is 11.5 Å². The number of ketones is 7. The van der Waals surface area contributed by atoms with Crippen molar-refractivity contribution >= 4 is 87.1 Å². The molecule has 0 atom stereocenters. The molecule has 9 rings (SSSR count). The van der Waals surface area contributed by atoms with Crippen LogP contribution >= 0.6 is 23.2 Å². The van der Waals surface area contributed by atoms with E-state index in [9.17, 15) is 51.9 Å². The van der Waals surface area contributed by atoms with Crippen molar-refractivity contribution in [1.82, 2.24) is 9.97 Å². The van der Waals surface area contributed by atoms with Crippen LogP contribution in [0.4, 0.5) is 20.4 Å². The molecule has 9 aromatic rings. The quantitative estimate of drug-likeness (QED) is 0.0417. The van der Waals surface area contributed by atoms with Gasteiger partial charge in [0.1, 0.15) is 23.1 Å². The Labute approximate surface area is 730 Å². The van der Waals surface area contributed by atoms with Gasteiger partial charge in [-0.15, -0.1) is 0 Å². The number of benzene rings is 7. The topological polar surface area (TPSA) is 222 Å². The van der Waals surface area contributed by atoms with Crippen molar-refractivity contribution in [1.29, 1.82) is 0 Å². The number of para-hydroxylation sites is 1. The number of hydrogen-bond donors (Lipinski definition) is 2. The smallest absolute Gasteiger partial charge is 0.225 e. The van der Waals surface area contributed by atoms with Gasteiger partial charge in [-0.05, 0) is 189 Å². The summed E-state index contributed by atoms with van der Waals surface area (Å²) in [6.45, 7) is 42.3. The van der Waals surface area contributed by atoms with Crippen molar-refractivity contribution in [2.45, 2.75) is 203 Å². The van der Waals surface area contributed by atoms with Crippen LogP contribution in [-0.4, -0.2) is 76.5 Å². The molecule has 0 aliphatic carbocycles. The summed E-state index contributed by atoms with van der Waals surface area (Å²) in [6.07, 6.45) is 6.71. The number of pyridine rings is 2. The molecular weight excluding hydrogens is 1570 g/mol. The summed E-state index contributed by atoms with van der Waals surface area (Å²) < 4.78 is 35.5. The van der Waals surface area contributed by atoms with Crippen molar-refractivity contribution in [2.24, 2.45) is 53.3 Å². The molecule has 654 valence electrons. The van der Waals surface area contributed by atoms with Gasteiger partial charge in [0.2, 0.25) is 11.8 Å². The number of halogens is 4. The minimum absolute atomic E-state index is 0.0219. The Bertz CT molecular complexity index is 4550. The van der Waals surface area contributed by atoms with Gasteiger partial charge in [-0.25, -0.2) is 18.7 Å². The first-order chi connectivity index (χ1) is 56.9. The van der Waals surface area contributed by atoms with Gasteiger partial charge in [-0.3, -0.25) is 43.2 Å². The molecule has 2 aromatic heterocycles. The van der Waals surface area contributed by atoms with E-state index in [1.54, 1.807) is 87.1 Å². The van der Waals surface area contributed by atoms with E-state index in [2.05, 4.69) is 48.3 Å².